The molecule has 0 bridgehead atoms. The highest BCUT2D eigenvalue weighted by Crippen LogP contribution is 2.33. The average Bonchev–Trinajstić information content (AvgIpc) is 3.48. The quantitative estimate of drug-likeness (QED) is 0.220. The number of nitrogens with one attached hydrogen (secondary N) is 2. The number of hydrogen-bond acceptors (Lipinski definition) is 5. The molecule has 2 N–H and O–H groups in total. The van der Waals surface area contributed by atoms with Gasteiger partial charge in [0.05, 0.1) is 5.02 Å². The van der Waals surface area contributed by atoms with E-state index in [0.29, 0.717) is 32.9 Å². The van der Waals surface area contributed by atoms with Gasteiger partial charge < -0.3 is 14.2 Å². The summed E-state index contributed by atoms with van der Waals surface area (Å²) >= 11 is 17.6. The average molecular weight is 550 g/mol. The van der Waals surface area contributed by atoms with Gasteiger partial charge in [0.1, 0.15) is 11.3 Å². The Morgan fingerprint density at radius 1 is 0.919 bits per heavy atom. The van der Waals surface area contributed by atoms with E-state index in [-0.39, 0.29) is 10.9 Å². The van der Waals surface area contributed by atoms with Crippen LogP contribution in [-0.4, -0.2) is 16.0 Å². The zero-order valence-electron chi connectivity index (χ0n) is 20.1. The zero-order valence-corrected chi connectivity index (χ0v) is 22.4. The molecule has 5 rings (SSSR count). The Labute approximate surface area is 228 Å². The van der Waals surface area contributed by atoms with Crippen LogP contribution in [0.2, 0.25) is 10.0 Å². The molecule has 0 saturated carbocycles. The largest absolute Gasteiger partial charge is 0.451 e. The number of carbonyl (C=O) groups is 1. The van der Waals surface area contributed by atoms with Crippen molar-refractivity contribution in [1.29, 1.82) is 0 Å². The van der Waals surface area contributed by atoms with E-state index in [1.54, 1.807) is 30.3 Å². The molecule has 0 aliphatic carbocycles. The summed E-state index contributed by atoms with van der Waals surface area (Å²) in [6, 6.07) is 17.9. The molecule has 0 radical (unpaired) electrons. The van der Waals surface area contributed by atoms with Crippen molar-refractivity contribution in [3.63, 3.8) is 0 Å². The van der Waals surface area contributed by atoms with Gasteiger partial charge in [0.25, 0.3) is 5.91 Å². The maximum atomic E-state index is 12.7. The van der Waals surface area contributed by atoms with Crippen LogP contribution in [0.15, 0.2) is 69.5 Å². The van der Waals surface area contributed by atoms with Gasteiger partial charge in [0, 0.05) is 21.8 Å². The monoisotopic (exact) mass is 549 g/mol. The van der Waals surface area contributed by atoms with Crippen LogP contribution in [0.5, 0.6) is 0 Å². The van der Waals surface area contributed by atoms with Gasteiger partial charge in [-0.1, -0.05) is 29.3 Å². The predicted molar refractivity (Wildman–Crippen MR) is 152 cm³/mol. The van der Waals surface area contributed by atoms with Crippen molar-refractivity contribution < 1.29 is 13.6 Å². The molecule has 186 valence electrons. The van der Waals surface area contributed by atoms with Crippen molar-refractivity contribution in [3.8, 4) is 22.8 Å². The minimum Gasteiger partial charge on any atom is -0.451 e. The fourth-order valence-electron chi connectivity index (χ4n) is 3.91. The molecule has 0 fully saturated rings. The minimum atomic E-state index is -0.493. The number of thiocarbonyl (C=S) groups is 1. The number of amides is 1. The van der Waals surface area contributed by atoms with Crippen LogP contribution in [0.3, 0.4) is 0 Å². The second-order valence-corrected chi connectivity index (χ2v) is 9.85. The number of fused-ring (bicyclic) bond motifs is 1. The Kier molecular flexibility index (Phi) is 6.77. The van der Waals surface area contributed by atoms with Crippen LogP contribution in [0, 0.1) is 20.8 Å². The van der Waals surface area contributed by atoms with Crippen molar-refractivity contribution >= 4 is 63.2 Å². The summed E-state index contributed by atoms with van der Waals surface area (Å²) < 4.78 is 11.7. The fourth-order valence-corrected chi connectivity index (χ4v) is 4.61. The Morgan fingerprint density at radius 3 is 2.49 bits per heavy atom. The smallest absolute Gasteiger partial charge is 0.293 e. The second kappa shape index (κ2) is 10.0. The van der Waals surface area contributed by atoms with Gasteiger partial charge in [-0.25, -0.2) is 4.98 Å². The Hall–Kier alpha value is -3.65. The van der Waals surface area contributed by atoms with Gasteiger partial charge in [-0.3, -0.25) is 10.1 Å². The van der Waals surface area contributed by atoms with Gasteiger partial charge in [-0.15, -0.1) is 0 Å². The Balaban J connectivity index is 1.31. The molecular formula is C28H21Cl2N3O3S. The normalized spacial score (nSPS) is 11.1. The van der Waals surface area contributed by atoms with Crippen LogP contribution >= 0.6 is 35.4 Å². The molecule has 1 amide bonds. The molecule has 37 heavy (non-hydrogen) atoms. The lowest BCUT2D eigenvalue weighted by Crippen LogP contribution is -2.34. The van der Waals surface area contributed by atoms with E-state index in [4.69, 9.17) is 44.3 Å². The molecule has 0 aliphatic heterocycles. The van der Waals surface area contributed by atoms with Crippen molar-refractivity contribution in [1.82, 2.24) is 10.3 Å². The predicted octanol–water partition coefficient (Wildman–Crippen LogP) is 8.11. The third kappa shape index (κ3) is 5.11. The van der Waals surface area contributed by atoms with Crippen molar-refractivity contribution in [2.45, 2.75) is 20.8 Å². The summed E-state index contributed by atoms with van der Waals surface area (Å²) in [5.74, 6) is 0.554. The van der Waals surface area contributed by atoms with Crippen molar-refractivity contribution in [2.75, 3.05) is 5.32 Å². The Bertz CT molecular complexity index is 1650. The summed E-state index contributed by atoms with van der Waals surface area (Å²) in [6.45, 7) is 6.02. The molecule has 3 aromatic carbocycles. The van der Waals surface area contributed by atoms with Gasteiger partial charge in [-0.05, 0) is 104 Å². The van der Waals surface area contributed by atoms with Crippen LogP contribution in [0.4, 0.5) is 5.69 Å². The standard InChI is InChI=1S/C28H21Cl2N3O3S/c1-14-11-22-25(12-15(14)2)36-27(31-22)18-5-4-6-21(16(18)3)32-28(37)33-26(34)24-10-9-23(35-24)19-8-7-17(29)13-20(19)30/h4-13H,1-3H3,(H2,32,33,34,37). The maximum absolute atomic E-state index is 12.7. The first-order chi connectivity index (χ1) is 17.7. The number of hydrogen-bond donors (Lipinski definition) is 2. The highest BCUT2D eigenvalue weighted by Gasteiger charge is 2.17. The topological polar surface area (TPSA) is 80.3 Å². The zero-order chi connectivity index (χ0) is 26.3. The molecule has 0 atom stereocenters. The molecule has 0 spiro atoms. The molecule has 2 aromatic heterocycles. The summed E-state index contributed by atoms with van der Waals surface area (Å²) in [5, 5.41) is 6.78. The van der Waals surface area contributed by atoms with Gasteiger partial charge >= 0.3 is 0 Å². The summed E-state index contributed by atoms with van der Waals surface area (Å²) in [7, 11) is 0. The Morgan fingerprint density at radius 2 is 1.70 bits per heavy atom. The number of furan rings is 1. The number of oxazole rings is 1. The summed E-state index contributed by atoms with van der Waals surface area (Å²) in [6.07, 6.45) is 0. The third-order valence-electron chi connectivity index (χ3n) is 6.07. The maximum Gasteiger partial charge on any atom is 0.293 e. The van der Waals surface area contributed by atoms with Gasteiger partial charge in [-0.2, -0.15) is 0 Å². The number of anilines is 1. The number of benzene rings is 3. The third-order valence-corrected chi connectivity index (χ3v) is 6.82. The number of aryl methyl sites for hydroxylation is 2. The molecule has 6 nitrogen and oxygen atoms in total. The number of halogens is 2. The number of aromatic nitrogens is 1. The van der Waals surface area contributed by atoms with E-state index in [1.165, 1.54) is 0 Å². The molecule has 0 saturated heterocycles. The van der Waals surface area contributed by atoms with Crippen LogP contribution in [0.25, 0.3) is 33.9 Å². The van der Waals surface area contributed by atoms with Crippen LogP contribution in [-0.2, 0) is 0 Å². The summed E-state index contributed by atoms with van der Waals surface area (Å²) in [5.41, 5.74) is 6.86. The van der Waals surface area contributed by atoms with Crippen LogP contribution in [0.1, 0.15) is 27.2 Å². The molecule has 5 aromatic rings. The summed E-state index contributed by atoms with van der Waals surface area (Å²) in [4.78, 5) is 17.4. The fraction of sp³-hybridized carbons (Fsp3) is 0.107. The van der Waals surface area contributed by atoms with Gasteiger partial charge in [0.15, 0.2) is 16.5 Å². The SMILES string of the molecule is Cc1cc2nc(-c3cccc(NC(=S)NC(=O)c4ccc(-c5ccc(Cl)cc5Cl)o4)c3C)oc2cc1C. The first-order valence-corrected chi connectivity index (χ1v) is 12.5. The van der Waals surface area contributed by atoms with Gasteiger partial charge in [0.2, 0.25) is 5.89 Å². The molecule has 2 heterocycles. The first-order valence-electron chi connectivity index (χ1n) is 11.3. The number of rotatable bonds is 4. The van der Waals surface area contributed by atoms with E-state index in [9.17, 15) is 4.79 Å². The van der Waals surface area contributed by atoms with E-state index in [2.05, 4.69) is 15.6 Å². The van der Waals surface area contributed by atoms with Crippen LogP contribution < -0.4 is 10.6 Å². The lowest BCUT2D eigenvalue weighted by atomic mass is 10.1. The molecule has 0 unspecified atom stereocenters. The van der Waals surface area contributed by atoms with E-state index >= 15 is 0 Å². The highest BCUT2D eigenvalue weighted by atomic mass is 35.5. The lowest BCUT2D eigenvalue weighted by Gasteiger charge is -2.13. The molecule has 0 aliphatic rings. The second-order valence-electron chi connectivity index (χ2n) is 8.60. The number of nitrogens with zero attached hydrogens (tertiary/aromatic N) is 1. The van der Waals surface area contributed by atoms with E-state index < -0.39 is 5.91 Å². The minimum absolute atomic E-state index is 0.0905. The number of carbonyl (C=O) groups excluding carboxylic acids is 1. The molecule has 9 heteroatoms. The van der Waals surface area contributed by atoms with Crippen molar-refractivity contribution in [2.24, 2.45) is 0 Å². The van der Waals surface area contributed by atoms with Crippen molar-refractivity contribution in [3.05, 3.63) is 93.2 Å². The highest BCUT2D eigenvalue weighted by molar-refractivity contribution is 7.80. The van der Waals surface area contributed by atoms with E-state index in [1.807, 2.05) is 51.1 Å². The van der Waals surface area contributed by atoms with E-state index in [0.717, 1.165) is 33.4 Å². The molecular weight excluding hydrogens is 529 g/mol. The first kappa shape index (κ1) is 25.0. The lowest BCUT2D eigenvalue weighted by molar-refractivity contribution is 0.0951.